The van der Waals surface area contributed by atoms with E-state index in [0.717, 1.165) is 6.92 Å². The molecular weight excluding hydrogens is 302 g/mol. The van der Waals surface area contributed by atoms with Crippen LogP contribution in [0.2, 0.25) is 0 Å². The molecule has 0 fully saturated rings. The van der Waals surface area contributed by atoms with Crippen molar-refractivity contribution in [2.45, 2.75) is 38.7 Å². The predicted octanol–water partition coefficient (Wildman–Crippen LogP) is 3.54. The standard InChI is InChI=1S/C12H16F6N2O/c1-4-19-10(12(16,17)18)5-7(2)9(21)6-20-8(3)11(13,14)15/h4,7,9,21H,1,5-6H2,2-3H3/b19-10+,20-8+/t7-,9?/m0/s1. The third kappa shape index (κ3) is 7.26. The lowest BCUT2D eigenvalue weighted by Crippen LogP contribution is -2.31. The van der Waals surface area contributed by atoms with Crippen molar-refractivity contribution in [2.75, 3.05) is 6.54 Å². The van der Waals surface area contributed by atoms with Gasteiger partial charge in [0.25, 0.3) is 0 Å². The molecule has 3 nitrogen and oxygen atoms in total. The minimum absolute atomic E-state index is 0.633. The van der Waals surface area contributed by atoms with Gasteiger partial charge in [-0.15, -0.1) is 0 Å². The fraction of sp³-hybridized carbons (Fsp3) is 0.667. The first-order valence-electron chi connectivity index (χ1n) is 5.90. The number of nitrogens with zero attached hydrogens (tertiary/aromatic N) is 2. The monoisotopic (exact) mass is 318 g/mol. The van der Waals surface area contributed by atoms with E-state index in [0.29, 0.717) is 6.20 Å². The SMILES string of the molecule is C=C/N=C(\C[C@H](C)C(O)C/N=C(\C)C(F)(F)F)C(F)(F)F. The molecule has 0 radical (unpaired) electrons. The molecule has 0 spiro atoms. The molecule has 0 aliphatic carbocycles. The Morgan fingerprint density at radius 3 is 2.10 bits per heavy atom. The van der Waals surface area contributed by atoms with Gasteiger partial charge in [-0.3, -0.25) is 9.98 Å². The molecule has 21 heavy (non-hydrogen) atoms. The summed E-state index contributed by atoms with van der Waals surface area (Å²) in [6.07, 6.45) is -10.7. The number of hydrogen-bond acceptors (Lipinski definition) is 3. The highest BCUT2D eigenvalue weighted by Gasteiger charge is 2.37. The molecule has 2 atom stereocenters. The number of aliphatic hydroxyl groups excluding tert-OH is 1. The summed E-state index contributed by atoms with van der Waals surface area (Å²) in [5.41, 5.74) is -2.30. The summed E-state index contributed by atoms with van der Waals surface area (Å²) in [5, 5.41) is 9.59. The smallest absolute Gasteiger partial charge is 0.391 e. The van der Waals surface area contributed by atoms with Crippen LogP contribution in [0.3, 0.4) is 0 Å². The maximum Gasteiger partial charge on any atom is 0.429 e. The van der Waals surface area contributed by atoms with Crippen molar-refractivity contribution in [3.8, 4) is 0 Å². The molecule has 0 aliphatic heterocycles. The Morgan fingerprint density at radius 1 is 1.19 bits per heavy atom. The molecule has 0 amide bonds. The minimum atomic E-state index is -4.69. The van der Waals surface area contributed by atoms with Crippen LogP contribution in [-0.2, 0) is 0 Å². The molecule has 0 aromatic carbocycles. The molecule has 0 aliphatic rings. The van der Waals surface area contributed by atoms with E-state index in [9.17, 15) is 31.4 Å². The first-order valence-corrected chi connectivity index (χ1v) is 5.90. The van der Waals surface area contributed by atoms with Gasteiger partial charge in [0, 0.05) is 6.20 Å². The lowest BCUT2D eigenvalue weighted by atomic mass is 9.97. The second kappa shape index (κ2) is 7.58. The molecule has 0 bridgehead atoms. The van der Waals surface area contributed by atoms with Crippen molar-refractivity contribution in [1.82, 2.24) is 0 Å². The Bertz CT molecular complexity index is 411. The van der Waals surface area contributed by atoms with Gasteiger partial charge in [0.2, 0.25) is 0 Å². The Balaban J connectivity index is 4.76. The topological polar surface area (TPSA) is 45.0 Å². The van der Waals surface area contributed by atoms with E-state index in [1.165, 1.54) is 6.92 Å². The third-order valence-electron chi connectivity index (χ3n) is 2.67. The fourth-order valence-electron chi connectivity index (χ4n) is 1.29. The second-order valence-electron chi connectivity index (χ2n) is 4.43. The molecule has 0 rings (SSSR count). The van der Waals surface area contributed by atoms with Crippen LogP contribution >= 0.6 is 0 Å². The summed E-state index contributed by atoms with van der Waals surface area (Å²) in [6.45, 7) is 4.41. The lowest BCUT2D eigenvalue weighted by molar-refractivity contribution is -0.0618. The van der Waals surface area contributed by atoms with Crippen LogP contribution in [0.5, 0.6) is 0 Å². The summed E-state index contributed by atoms with van der Waals surface area (Å²) in [4.78, 5) is 6.21. The Kier molecular flexibility index (Phi) is 7.08. The van der Waals surface area contributed by atoms with E-state index < -0.39 is 48.8 Å². The van der Waals surface area contributed by atoms with Crippen molar-refractivity contribution < 1.29 is 31.4 Å². The quantitative estimate of drug-likeness (QED) is 0.591. The van der Waals surface area contributed by atoms with Crippen LogP contribution in [-0.4, -0.2) is 41.5 Å². The minimum Gasteiger partial charge on any atom is -0.391 e. The number of alkyl halides is 6. The summed E-state index contributed by atoms with van der Waals surface area (Å²) in [7, 11) is 0. The van der Waals surface area contributed by atoms with Crippen molar-refractivity contribution >= 4 is 11.4 Å². The molecule has 0 saturated heterocycles. The largest absolute Gasteiger partial charge is 0.429 e. The summed E-state index contributed by atoms with van der Waals surface area (Å²) >= 11 is 0. The highest BCUT2D eigenvalue weighted by Crippen LogP contribution is 2.24. The van der Waals surface area contributed by atoms with Crippen molar-refractivity contribution in [3.63, 3.8) is 0 Å². The van der Waals surface area contributed by atoms with E-state index >= 15 is 0 Å². The highest BCUT2D eigenvalue weighted by molar-refractivity contribution is 5.90. The van der Waals surface area contributed by atoms with Gasteiger partial charge in [-0.2, -0.15) is 26.3 Å². The van der Waals surface area contributed by atoms with Crippen LogP contribution in [0, 0.1) is 5.92 Å². The van der Waals surface area contributed by atoms with E-state index in [2.05, 4.69) is 16.6 Å². The van der Waals surface area contributed by atoms with Crippen molar-refractivity contribution in [1.29, 1.82) is 0 Å². The van der Waals surface area contributed by atoms with E-state index in [1.54, 1.807) is 0 Å². The summed E-state index contributed by atoms with van der Waals surface area (Å²) in [6, 6.07) is 0. The highest BCUT2D eigenvalue weighted by atomic mass is 19.4. The molecular formula is C12H16F6N2O. The van der Waals surface area contributed by atoms with E-state index in [4.69, 9.17) is 0 Å². The number of rotatable bonds is 6. The molecule has 0 heterocycles. The van der Waals surface area contributed by atoms with E-state index in [-0.39, 0.29) is 0 Å². The fourth-order valence-corrected chi connectivity index (χ4v) is 1.29. The van der Waals surface area contributed by atoms with Gasteiger partial charge < -0.3 is 5.11 Å². The van der Waals surface area contributed by atoms with Crippen molar-refractivity contribution in [3.05, 3.63) is 12.8 Å². The van der Waals surface area contributed by atoms with Gasteiger partial charge >= 0.3 is 12.4 Å². The average Bonchev–Trinajstić information content (AvgIpc) is 2.32. The van der Waals surface area contributed by atoms with Crippen LogP contribution in [0.25, 0.3) is 0 Å². The lowest BCUT2D eigenvalue weighted by Gasteiger charge is -2.19. The van der Waals surface area contributed by atoms with Crippen LogP contribution < -0.4 is 0 Å². The summed E-state index contributed by atoms with van der Waals surface area (Å²) < 4.78 is 74.2. The summed E-state index contributed by atoms with van der Waals surface area (Å²) in [5.74, 6) is -0.963. The number of hydrogen-bond donors (Lipinski definition) is 1. The second-order valence-corrected chi connectivity index (χ2v) is 4.43. The van der Waals surface area contributed by atoms with Crippen LogP contribution in [0.15, 0.2) is 22.8 Å². The molecule has 1 unspecified atom stereocenters. The normalized spacial score (nSPS) is 17.6. The molecule has 0 saturated carbocycles. The molecule has 9 heteroatoms. The van der Waals surface area contributed by atoms with Gasteiger partial charge in [-0.05, 0) is 19.3 Å². The maximum absolute atomic E-state index is 12.6. The van der Waals surface area contributed by atoms with E-state index in [1.807, 2.05) is 0 Å². The molecule has 122 valence electrons. The zero-order valence-corrected chi connectivity index (χ0v) is 11.5. The number of aliphatic imine (C=N–C) groups is 2. The van der Waals surface area contributed by atoms with Gasteiger partial charge in [-0.25, -0.2) is 0 Å². The Hall–Kier alpha value is -1.38. The molecule has 0 aromatic heterocycles. The van der Waals surface area contributed by atoms with Gasteiger partial charge in [0.05, 0.1) is 12.6 Å². The van der Waals surface area contributed by atoms with Crippen molar-refractivity contribution in [2.24, 2.45) is 15.9 Å². The Morgan fingerprint density at radius 2 is 1.71 bits per heavy atom. The third-order valence-corrected chi connectivity index (χ3v) is 2.67. The predicted molar refractivity (Wildman–Crippen MR) is 67.5 cm³/mol. The number of aliphatic hydroxyl groups is 1. The zero-order chi connectivity index (χ0) is 16.8. The first-order chi connectivity index (χ1) is 9.39. The number of halogens is 6. The zero-order valence-electron chi connectivity index (χ0n) is 11.5. The molecule has 1 N–H and O–H groups in total. The van der Waals surface area contributed by atoms with Gasteiger partial charge in [0.1, 0.15) is 11.4 Å². The Labute approximate surface area is 118 Å². The van der Waals surface area contributed by atoms with Crippen LogP contribution in [0.4, 0.5) is 26.3 Å². The maximum atomic E-state index is 12.6. The van der Waals surface area contributed by atoms with Crippen LogP contribution in [0.1, 0.15) is 20.3 Å². The molecule has 0 aromatic rings. The first kappa shape index (κ1) is 19.6. The van der Waals surface area contributed by atoms with Gasteiger partial charge in [0.15, 0.2) is 0 Å². The average molecular weight is 318 g/mol. The van der Waals surface area contributed by atoms with Gasteiger partial charge in [-0.1, -0.05) is 13.5 Å².